The molecule has 1 atom stereocenters. The van der Waals surface area contributed by atoms with E-state index in [1.807, 2.05) is 6.92 Å². The third-order valence-electron chi connectivity index (χ3n) is 4.70. The summed E-state index contributed by atoms with van der Waals surface area (Å²) in [7, 11) is 1.57. The lowest BCUT2D eigenvalue weighted by atomic mass is 10.1. The second-order valence-electron chi connectivity index (χ2n) is 6.63. The summed E-state index contributed by atoms with van der Waals surface area (Å²) in [4.78, 5) is 27.5. The van der Waals surface area contributed by atoms with Crippen molar-refractivity contribution in [1.82, 2.24) is 4.90 Å². The normalized spacial score (nSPS) is 14.8. The Morgan fingerprint density at radius 2 is 1.83 bits per heavy atom. The fraction of sp³-hybridized carbons (Fsp3) is 0.364. The zero-order valence-electron chi connectivity index (χ0n) is 16.7. The van der Waals surface area contributed by atoms with E-state index in [1.165, 1.54) is 0 Å². The van der Waals surface area contributed by atoms with Crippen molar-refractivity contribution in [1.29, 1.82) is 0 Å². The Morgan fingerprint density at radius 1 is 1.10 bits per heavy atom. The number of carbonyl (C=O) groups is 2. The van der Waals surface area contributed by atoms with Crippen LogP contribution in [0, 0.1) is 0 Å². The number of ether oxygens (including phenoxy) is 3. The van der Waals surface area contributed by atoms with Gasteiger partial charge in [0, 0.05) is 19.2 Å². The molecule has 7 heteroatoms. The number of carbonyl (C=O) groups excluding carboxylic acids is 2. The first-order valence-electron chi connectivity index (χ1n) is 9.70. The molecule has 0 saturated carbocycles. The number of amides is 2. The smallest absolute Gasteiger partial charge is 0.265 e. The van der Waals surface area contributed by atoms with Gasteiger partial charge in [-0.1, -0.05) is 25.1 Å². The lowest BCUT2D eigenvalue weighted by Crippen LogP contribution is -2.41. The third-order valence-corrected chi connectivity index (χ3v) is 4.70. The predicted octanol–water partition coefficient (Wildman–Crippen LogP) is 2.96. The Labute approximate surface area is 170 Å². The van der Waals surface area contributed by atoms with Gasteiger partial charge in [-0.2, -0.15) is 0 Å². The molecule has 1 saturated heterocycles. The van der Waals surface area contributed by atoms with Gasteiger partial charge in [0.05, 0.1) is 31.6 Å². The van der Waals surface area contributed by atoms with Gasteiger partial charge in [-0.05, 0) is 30.7 Å². The van der Waals surface area contributed by atoms with Crippen LogP contribution in [0.3, 0.4) is 0 Å². The van der Waals surface area contributed by atoms with Crippen molar-refractivity contribution in [2.45, 2.75) is 19.4 Å². The molecule has 2 amide bonds. The van der Waals surface area contributed by atoms with Crippen LogP contribution in [-0.4, -0.2) is 56.2 Å². The summed E-state index contributed by atoms with van der Waals surface area (Å²) >= 11 is 0. The molecule has 1 fully saturated rings. The molecule has 1 heterocycles. The maximum Gasteiger partial charge on any atom is 0.265 e. The first-order chi connectivity index (χ1) is 14.1. The van der Waals surface area contributed by atoms with E-state index in [0.29, 0.717) is 55.5 Å². The number of nitrogens with one attached hydrogen (secondary N) is 1. The molecule has 1 aliphatic heterocycles. The number of para-hydroxylation sites is 1. The quantitative estimate of drug-likeness (QED) is 0.776. The highest BCUT2D eigenvalue weighted by Gasteiger charge is 2.24. The van der Waals surface area contributed by atoms with Crippen molar-refractivity contribution in [3.8, 4) is 11.5 Å². The van der Waals surface area contributed by atoms with Gasteiger partial charge in [-0.25, -0.2) is 0 Å². The first kappa shape index (κ1) is 20.7. The average molecular weight is 398 g/mol. The Balaban J connectivity index is 1.72. The van der Waals surface area contributed by atoms with Crippen LogP contribution < -0.4 is 14.8 Å². The summed E-state index contributed by atoms with van der Waals surface area (Å²) in [5.41, 5.74) is 0.931. The van der Waals surface area contributed by atoms with Crippen LogP contribution in [0.4, 0.5) is 5.69 Å². The molecule has 29 heavy (non-hydrogen) atoms. The number of anilines is 1. The second kappa shape index (κ2) is 9.93. The van der Waals surface area contributed by atoms with Crippen molar-refractivity contribution in [2.75, 3.05) is 38.7 Å². The van der Waals surface area contributed by atoms with Gasteiger partial charge in [0.1, 0.15) is 11.5 Å². The summed E-state index contributed by atoms with van der Waals surface area (Å²) in [6.07, 6.45) is -0.226. The van der Waals surface area contributed by atoms with E-state index in [-0.39, 0.29) is 11.8 Å². The Bertz CT molecular complexity index is 849. The second-order valence-corrected chi connectivity index (χ2v) is 6.63. The van der Waals surface area contributed by atoms with Gasteiger partial charge in [-0.3, -0.25) is 9.59 Å². The summed E-state index contributed by atoms with van der Waals surface area (Å²) < 4.78 is 16.4. The number of morpholine rings is 1. The maximum absolute atomic E-state index is 12.9. The first-order valence-corrected chi connectivity index (χ1v) is 9.70. The third kappa shape index (κ3) is 5.26. The van der Waals surface area contributed by atoms with Crippen LogP contribution in [0.1, 0.15) is 23.7 Å². The van der Waals surface area contributed by atoms with Crippen LogP contribution >= 0.6 is 0 Å². The minimum atomic E-state index is -0.700. The minimum Gasteiger partial charge on any atom is -0.497 e. The highest BCUT2D eigenvalue weighted by atomic mass is 16.5. The molecule has 7 nitrogen and oxygen atoms in total. The van der Waals surface area contributed by atoms with Crippen molar-refractivity contribution in [2.24, 2.45) is 0 Å². The fourth-order valence-electron chi connectivity index (χ4n) is 3.09. The van der Waals surface area contributed by atoms with E-state index in [1.54, 1.807) is 60.5 Å². The Hall–Kier alpha value is -3.06. The van der Waals surface area contributed by atoms with Crippen molar-refractivity contribution < 1.29 is 23.8 Å². The minimum absolute atomic E-state index is 0.119. The van der Waals surface area contributed by atoms with Gasteiger partial charge >= 0.3 is 0 Å². The molecule has 0 aliphatic carbocycles. The molecule has 1 N–H and O–H groups in total. The molecule has 154 valence electrons. The van der Waals surface area contributed by atoms with Crippen molar-refractivity contribution >= 4 is 17.5 Å². The van der Waals surface area contributed by atoms with Crippen molar-refractivity contribution in [3.63, 3.8) is 0 Å². The lowest BCUT2D eigenvalue weighted by molar-refractivity contribution is -0.122. The molecule has 0 aromatic heterocycles. The zero-order valence-corrected chi connectivity index (χ0v) is 16.7. The fourth-order valence-corrected chi connectivity index (χ4v) is 3.09. The molecule has 0 unspecified atom stereocenters. The summed E-state index contributed by atoms with van der Waals surface area (Å²) in [5, 5.41) is 2.86. The molecule has 0 bridgehead atoms. The van der Waals surface area contributed by atoms with Crippen molar-refractivity contribution in [3.05, 3.63) is 54.1 Å². The van der Waals surface area contributed by atoms with E-state index < -0.39 is 6.10 Å². The molecule has 0 spiro atoms. The summed E-state index contributed by atoms with van der Waals surface area (Å²) in [6, 6.07) is 14.1. The van der Waals surface area contributed by atoms with Gasteiger partial charge in [0.15, 0.2) is 6.10 Å². The number of hydrogen-bond acceptors (Lipinski definition) is 5. The summed E-state index contributed by atoms with van der Waals surface area (Å²) in [5.74, 6) is 0.770. The van der Waals surface area contributed by atoms with E-state index in [4.69, 9.17) is 14.2 Å². The number of methoxy groups -OCH3 is 1. The number of hydrogen-bond donors (Lipinski definition) is 1. The van der Waals surface area contributed by atoms with Gasteiger partial charge in [0.2, 0.25) is 0 Å². The molecule has 2 aromatic rings. The predicted molar refractivity (Wildman–Crippen MR) is 109 cm³/mol. The average Bonchev–Trinajstić information content (AvgIpc) is 2.78. The molecule has 3 rings (SSSR count). The zero-order chi connectivity index (χ0) is 20.6. The van der Waals surface area contributed by atoms with E-state index in [0.717, 1.165) is 0 Å². The van der Waals surface area contributed by atoms with Gasteiger partial charge < -0.3 is 24.4 Å². The Kier molecular flexibility index (Phi) is 7.08. The molecule has 0 radical (unpaired) electrons. The number of nitrogens with zero attached hydrogens (tertiary/aromatic N) is 1. The molecule has 1 aliphatic rings. The molecular formula is C22H26N2O5. The van der Waals surface area contributed by atoms with Crippen LogP contribution in [0.5, 0.6) is 11.5 Å². The topological polar surface area (TPSA) is 77.1 Å². The maximum atomic E-state index is 12.9. The van der Waals surface area contributed by atoms with Crippen LogP contribution in [0.25, 0.3) is 0 Å². The SMILES string of the molecule is CC[C@@H](Oc1cccc(OC)c1)C(=O)Nc1ccccc1C(=O)N1CCOCC1. The summed E-state index contributed by atoms with van der Waals surface area (Å²) in [6.45, 7) is 3.99. The highest BCUT2D eigenvalue weighted by molar-refractivity contribution is 6.04. The largest absolute Gasteiger partial charge is 0.497 e. The van der Waals surface area contributed by atoms with Gasteiger partial charge in [0.25, 0.3) is 11.8 Å². The van der Waals surface area contributed by atoms with Gasteiger partial charge in [-0.15, -0.1) is 0 Å². The van der Waals surface area contributed by atoms with Crippen LogP contribution in [0.15, 0.2) is 48.5 Å². The van der Waals surface area contributed by atoms with E-state index in [2.05, 4.69) is 5.32 Å². The standard InChI is InChI=1S/C22H26N2O5/c1-3-20(29-17-8-6-7-16(15-17)27-2)21(25)23-19-10-5-4-9-18(19)22(26)24-11-13-28-14-12-24/h4-10,15,20H,3,11-14H2,1-2H3,(H,23,25)/t20-/m1/s1. The highest BCUT2D eigenvalue weighted by Crippen LogP contribution is 2.22. The van der Waals surface area contributed by atoms with E-state index in [9.17, 15) is 9.59 Å². The molecular weight excluding hydrogens is 372 g/mol. The Morgan fingerprint density at radius 3 is 2.55 bits per heavy atom. The molecule has 2 aromatic carbocycles. The lowest BCUT2D eigenvalue weighted by Gasteiger charge is -2.27. The number of benzene rings is 2. The van der Waals surface area contributed by atoms with Crippen LogP contribution in [-0.2, 0) is 9.53 Å². The number of rotatable bonds is 7. The van der Waals surface area contributed by atoms with E-state index >= 15 is 0 Å². The monoisotopic (exact) mass is 398 g/mol. The van der Waals surface area contributed by atoms with Crippen LogP contribution in [0.2, 0.25) is 0 Å².